The van der Waals surface area contributed by atoms with Crippen molar-refractivity contribution < 1.29 is 19.3 Å². The fraction of sp³-hybridized carbons (Fsp3) is 0.235. The number of hydrogen-bond acceptors (Lipinski definition) is 13. The van der Waals surface area contributed by atoms with Crippen LogP contribution in [0.2, 0.25) is 0 Å². The number of nitrogens with one attached hydrogen (secondary N) is 1. The molecule has 0 unspecified atom stereocenters. The lowest BCUT2D eigenvalue weighted by atomic mass is 10.2. The molecule has 0 bridgehead atoms. The molecule has 1 aliphatic heterocycles. The average Bonchev–Trinajstić information content (AvgIpc) is 3.55. The lowest BCUT2D eigenvalue weighted by molar-refractivity contribution is 0.0949. The second-order valence-corrected chi connectivity index (χ2v) is 9.47. The Balaban J connectivity index is 1.55. The van der Waals surface area contributed by atoms with Gasteiger partial charge in [0, 0.05) is 11.5 Å². The Morgan fingerprint density at radius 3 is 3.06 bits per heavy atom. The first-order chi connectivity index (χ1) is 16.0. The van der Waals surface area contributed by atoms with Crippen molar-refractivity contribution in [3.8, 4) is 17.3 Å². The molecule has 2 aromatic heterocycles. The Hall–Kier alpha value is -3.11. The summed E-state index contributed by atoms with van der Waals surface area (Å²) in [4.78, 5) is 17.2. The lowest BCUT2D eigenvalue weighted by Crippen LogP contribution is -2.20. The third-order valence-corrected chi connectivity index (χ3v) is 7.08. The van der Waals surface area contributed by atoms with E-state index in [-0.39, 0.29) is 28.8 Å². The Kier molecular flexibility index (Phi) is 7.14. The van der Waals surface area contributed by atoms with Crippen molar-refractivity contribution in [1.29, 1.82) is 0 Å². The van der Waals surface area contributed by atoms with Crippen molar-refractivity contribution in [1.82, 2.24) is 30.7 Å². The van der Waals surface area contributed by atoms with Gasteiger partial charge in [0.2, 0.25) is 11.6 Å². The van der Waals surface area contributed by atoms with Crippen molar-refractivity contribution in [2.24, 2.45) is 10.1 Å². The van der Waals surface area contributed by atoms with Crippen LogP contribution in [-0.4, -0.2) is 66.3 Å². The topological polar surface area (TPSA) is 179 Å². The number of aliphatic imine (C=N–C) groups is 1. The summed E-state index contributed by atoms with van der Waals surface area (Å²) in [5.41, 5.74) is 9.26. The van der Waals surface area contributed by atoms with E-state index in [1.165, 1.54) is 29.8 Å². The quantitative estimate of drug-likeness (QED) is 0.286. The van der Waals surface area contributed by atoms with Crippen LogP contribution in [0.5, 0.6) is 11.5 Å². The molecular formula is C17H16BrN9O4S2. The second kappa shape index (κ2) is 10.2. The van der Waals surface area contributed by atoms with Gasteiger partial charge >= 0.3 is 0 Å². The number of aromatic hydroxyl groups is 1. The van der Waals surface area contributed by atoms with Crippen LogP contribution in [-0.2, 0) is 5.75 Å². The number of phenolic OH excluding ortho intramolecular Hbond substituents is 1. The average molecular weight is 554 g/mol. The van der Waals surface area contributed by atoms with Crippen molar-refractivity contribution in [2.45, 2.75) is 5.75 Å². The largest absolute Gasteiger partial charge is 0.503 e. The maximum absolute atomic E-state index is 12.8. The predicted octanol–water partition coefficient (Wildman–Crippen LogP) is 1.81. The molecule has 172 valence electrons. The number of rotatable bonds is 7. The number of nitrogens with two attached hydrogens (primary N) is 1. The van der Waals surface area contributed by atoms with Gasteiger partial charge in [-0.15, -0.1) is 5.10 Å². The van der Waals surface area contributed by atoms with E-state index >= 15 is 0 Å². The molecule has 4 N–H and O–H groups in total. The van der Waals surface area contributed by atoms with Gasteiger partial charge in [0.15, 0.2) is 17.2 Å². The van der Waals surface area contributed by atoms with E-state index in [1.54, 1.807) is 23.9 Å². The molecule has 3 aromatic rings. The van der Waals surface area contributed by atoms with E-state index in [4.69, 9.17) is 10.5 Å². The van der Waals surface area contributed by atoms with Crippen LogP contribution < -0.4 is 15.9 Å². The summed E-state index contributed by atoms with van der Waals surface area (Å²) in [5, 5.41) is 29.1. The Morgan fingerprint density at radius 2 is 2.36 bits per heavy atom. The molecule has 1 amide bonds. The first-order valence-electron chi connectivity index (χ1n) is 9.21. The highest BCUT2D eigenvalue weighted by atomic mass is 79.9. The summed E-state index contributed by atoms with van der Waals surface area (Å²) >= 11 is 6.32. The zero-order chi connectivity index (χ0) is 23.4. The number of phenols is 1. The lowest BCUT2D eigenvalue weighted by Gasteiger charge is -2.06. The SMILES string of the molecule is COc1cc(C=NNC(=O)c2nnn(-c3nonc3N)c2CSC2=NCCS2)cc(Br)c1O. The fourth-order valence-electron chi connectivity index (χ4n) is 2.69. The van der Waals surface area contributed by atoms with Crippen LogP contribution in [0.25, 0.3) is 5.82 Å². The molecule has 0 atom stereocenters. The van der Waals surface area contributed by atoms with Gasteiger partial charge in [-0.25, -0.2) is 10.1 Å². The van der Waals surface area contributed by atoms with Crippen LogP contribution in [0.3, 0.4) is 0 Å². The monoisotopic (exact) mass is 553 g/mol. The number of amides is 1. The Labute approximate surface area is 203 Å². The molecule has 16 heteroatoms. The number of methoxy groups -OCH3 is 1. The molecular weight excluding hydrogens is 538 g/mol. The van der Waals surface area contributed by atoms with Gasteiger partial charge in [-0.2, -0.15) is 9.78 Å². The van der Waals surface area contributed by atoms with E-state index in [2.05, 4.69) is 56.7 Å². The normalized spacial score (nSPS) is 13.5. The third kappa shape index (κ3) is 5.12. The third-order valence-electron chi connectivity index (χ3n) is 4.21. The number of thioether (sulfide) groups is 2. The number of halogens is 1. The van der Waals surface area contributed by atoms with E-state index in [9.17, 15) is 9.90 Å². The van der Waals surface area contributed by atoms with Crippen molar-refractivity contribution in [2.75, 3.05) is 25.1 Å². The second-order valence-electron chi connectivity index (χ2n) is 6.31. The maximum atomic E-state index is 12.8. The van der Waals surface area contributed by atoms with E-state index in [1.807, 2.05) is 0 Å². The highest BCUT2D eigenvalue weighted by molar-refractivity contribution is 9.10. The number of aromatic nitrogens is 5. The maximum Gasteiger partial charge on any atom is 0.293 e. The molecule has 0 saturated carbocycles. The van der Waals surface area contributed by atoms with Crippen molar-refractivity contribution in [3.63, 3.8) is 0 Å². The number of hydrazone groups is 1. The van der Waals surface area contributed by atoms with Crippen molar-refractivity contribution >= 4 is 61.8 Å². The summed E-state index contributed by atoms with van der Waals surface area (Å²) in [7, 11) is 1.43. The molecule has 0 radical (unpaired) electrons. The zero-order valence-corrected chi connectivity index (χ0v) is 20.1. The summed E-state index contributed by atoms with van der Waals surface area (Å²) in [6, 6.07) is 3.18. The number of benzene rings is 1. The minimum atomic E-state index is -0.589. The molecule has 0 aliphatic carbocycles. The molecule has 4 rings (SSSR count). The minimum Gasteiger partial charge on any atom is -0.503 e. The summed E-state index contributed by atoms with van der Waals surface area (Å²) in [5.74, 6) is 1.02. The van der Waals surface area contributed by atoms with Crippen LogP contribution in [0.4, 0.5) is 5.82 Å². The van der Waals surface area contributed by atoms with E-state index in [0.717, 1.165) is 16.7 Å². The molecule has 13 nitrogen and oxygen atoms in total. The Bertz CT molecular complexity index is 1240. The molecule has 1 aromatic carbocycles. The van der Waals surface area contributed by atoms with E-state index < -0.39 is 5.91 Å². The van der Waals surface area contributed by atoms with Gasteiger partial charge in [0.05, 0.1) is 30.0 Å². The van der Waals surface area contributed by atoms with Gasteiger partial charge < -0.3 is 15.6 Å². The van der Waals surface area contributed by atoms with Crippen LogP contribution in [0.1, 0.15) is 21.7 Å². The summed E-state index contributed by atoms with van der Waals surface area (Å²) < 4.78 is 12.4. The minimum absolute atomic E-state index is 0.00978. The number of nitrogen functional groups attached to an aromatic ring is 1. The van der Waals surface area contributed by atoms with Gasteiger partial charge in [-0.1, -0.05) is 28.7 Å². The van der Waals surface area contributed by atoms with E-state index in [0.29, 0.717) is 21.5 Å². The van der Waals surface area contributed by atoms with Crippen LogP contribution in [0.15, 0.2) is 31.3 Å². The molecule has 1 aliphatic rings. The van der Waals surface area contributed by atoms with Gasteiger partial charge in [0.1, 0.15) is 4.38 Å². The highest BCUT2D eigenvalue weighted by Gasteiger charge is 2.24. The number of hydrogen-bond donors (Lipinski definition) is 3. The summed E-state index contributed by atoms with van der Waals surface area (Å²) in [6.45, 7) is 0.755. The fourth-order valence-corrected chi connectivity index (χ4v) is 5.15. The molecule has 0 spiro atoms. The number of nitrogens with zero attached hydrogens (tertiary/aromatic N) is 7. The van der Waals surface area contributed by atoms with Crippen molar-refractivity contribution in [3.05, 3.63) is 33.6 Å². The number of carbonyl (C=O) groups excluding carboxylic acids is 1. The molecule has 0 fully saturated rings. The number of ether oxygens (including phenoxy) is 1. The van der Waals surface area contributed by atoms with Crippen LogP contribution in [0, 0.1) is 0 Å². The van der Waals surface area contributed by atoms with Crippen LogP contribution >= 0.6 is 39.5 Å². The number of carbonyl (C=O) groups is 1. The molecule has 0 saturated heterocycles. The predicted molar refractivity (Wildman–Crippen MR) is 127 cm³/mol. The zero-order valence-electron chi connectivity index (χ0n) is 16.9. The van der Waals surface area contributed by atoms with Gasteiger partial charge in [0.25, 0.3) is 5.91 Å². The van der Waals surface area contributed by atoms with Gasteiger partial charge in [-0.05, 0) is 43.9 Å². The smallest absolute Gasteiger partial charge is 0.293 e. The highest BCUT2D eigenvalue weighted by Crippen LogP contribution is 2.34. The standard InChI is InChI=1S/C17H16BrN9O4S2/c1-30-11-5-8(4-9(18)13(11)28)6-21-23-16(29)12-10(7-33-17-20-2-3-32-17)27(26-22-12)15-14(19)24-31-25-15/h4-6,28H,2-3,7H2,1H3,(H2,19,24)(H,23,29). The first kappa shape index (κ1) is 23.1. The molecule has 33 heavy (non-hydrogen) atoms. The summed E-state index contributed by atoms with van der Waals surface area (Å²) in [6.07, 6.45) is 1.40. The Morgan fingerprint density at radius 1 is 1.52 bits per heavy atom. The first-order valence-corrected chi connectivity index (χ1v) is 12.0. The molecule has 3 heterocycles. The van der Waals surface area contributed by atoms with Gasteiger partial charge in [-0.3, -0.25) is 9.79 Å². The number of anilines is 1.